The summed E-state index contributed by atoms with van der Waals surface area (Å²) in [7, 11) is 0. The molecule has 1 N–H and O–H groups in total. The standard InChI is InChI=1S/C12H12O5/c1-8(13)17-7-11(14)9-3-2-4-10(6-5-9)12(15)16/h3-6H,2,7H2,1H3,(H,15,16). The number of carboxylic acids is 1. The third-order valence-electron chi connectivity index (χ3n) is 2.09. The Morgan fingerprint density at radius 2 is 1.82 bits per heavy atom. The Balaban J connectivity index is 2.66. The number of hydrogen-bond donors (Lipinski definition) is 1. The molecule has 0 amide bonds. The van der Waals surface area contributed by atoms with Gasteiger partial charge in [-0.3, -0.25) is 9.59 Å². The summed E-state index contributed by atoms with van der Waals surface area (Å²) in [5, 5.41) is 8.77. The second-order valence-electron chi connectivity index (χ2n) is 3.40. The van der Waals surface area contributed by atoms with Crippen LogP contribution in [-0.4, -0.2) is 29.4 Å². The van der Waals surface area contributed by atoms with E-state index in [1.54, 1.807) is 6.08 Å². The molecule has 0 fully saturated rings. The maximum atomic E-state index is 11.6. The van der Waals surface area contributed by atoms with Gasteiger partial charge in [-0.1, -0.05) is 18.2 Å². The number of carboxylic acid groups (broad SMARTS) is 1. The number of esters is 1. The zero-order valence-electron chi connectivity index (χ0n) is 9.30. The predicted octanol–water partition coefficient (Wildman–Crippen LogP) is 1.02. The maximum Gasteiger partial charge on any atom is 0.335 e. The molecule has 0 spiro atoms. The molecule has 90 valence electrons. The molecule has 1 aliphatic rings. The van der Waals surface area contributed by atoms with E-state index >= 15 is 0 Å². The lowest BCUT2D eigenvalue weighted by Crippen LogP contribution is -2.12. The number of carbonyl (C=O) groups excluding carboxylic acids is 2. The van der Waals surface area contributed by atoms with Gasteiger partial charge in [-0.25, -0.2) is 4.79 Å². The van der Waals surface area contributed by atoms with Crippen LogP contribution >= 0.6 is 0 Å². The van der Waals surface area contributed by atoms with Gasteiger partial charge in [0.2, 0.25) is 0 Å². The van der Waals surface area contributed by atoms with Crippen LogP contribution in [0.5, 0.6) is 0 Å². The number of allylic oxidation sites excluding steroid dienone is 3. The van der Waals surface area contributed by atoms with Gasteiger partial charge in [0, 0.05) is 12.5 Å². The first-order valence-electron chi connectivity index (χ1n) is 4.99. The quantitative estimate of drug-likeness (QED) is 0.737. The maximum absolute atomic E-state index is 11.6. The Bertz CT molecular complexity index is 440. The van der Waals surface area contributed by atoms with Crippen LogP contribution in [0, 0.1) is 0 Å². The van der Waals surface area contributed by atoms with Crippen molar-refractivity contribution in [3.63, 3.8) is 0 Å². The Morgan fingerprint density at radius 1 is 1.24 bits per heavy atom. The van der Waals surface area contributed by atoms with Crippen LogP contribution in [0.1, 0.15) is 13.3 Å². The average Bonchev–Trinajstić information content (AvgIpc) is 2.51. The van der Waals surface area contributed by atoms with Gasteiger partial charge >= 0.3 is 11.9 Å². The van der Waals surface area contributed by atoms with E-state index < -0.39 is 11.9 Å². The molecule has 0 aromatic heterocycles. The fourth-order valence-electron chi connectivity index (χ4n) is 1.24. The summed E-state index contributed by atoms with van der Waals surface area (Å²) in [4.78, 5) is 32.8. The molecule has 5 heteroatoms. The topological polar surface area (TPSA) is 80.7 Å². The van der Waals surface area contributed by atoms with Crippen molar-refractivity contribution in [3.05, 3.63) is 35.5 Å². The van der Waals surface area contributed by atoms with Crippen LogP contribution in [0.15, 0.2) is 35.5 Å². The van der Waals surface area contributed by atoms with Crippen LogP contribution in [-0.2, 0) is 19.1 Å². The molecule has 0 unspecified atom stereocenters. The summed E-state index contributed by atoms with van der Waals surface area (Å²) < 4.78 is 4.58. The fraction of sp³-hybridized carbons (Fsp3) is 0.250. The lowest BCUT2D eigenvalue weighted by atomic mass is 10.1. The third kappa shape index (κ3) is 4.06. The number of carbonyl (C=O) groups is 3. The summed E-state index contributed by atoms with van der Waals surface area (Å²) in [5.41, 5.74) is 0.482. The molecule has 0 aromatic rings. The molecule has 0 aromatic carbocycles. The first-order chi connectivity index (χ1) is 8.00. The molecule has 0 saturated heterocycles. The number of ketones is 1. The van der Waals surface area contributed by atoms with Gasteiger partial charge in [-0.05, 0) is 12.5 Å². The van der Waals surface area contributed by atoms with Crippen LogP contribution < -0.4 is 0 Å². The minimum Gasteiger partial charge on any atom is -0.478 e. The molecular weight excluding hydrogens is 224 g/mol. The van der Waals surface area contributed by atoms with E-state index in [1.807, 2.05) is 0 Å². The van der Waals surface area contributed by atoms with E-state index in [4.69, 9.17) is 5.11 Å². The van der Waals surface area contributed by atoms with E-state index in [0.29, 0.717) is 12.0 Å². The Kier molecular flexibility index (Phi) is 4.39. The normalized spacial score (nSPS) is 14.4. The molecule has 0 bridgehead atoms. The lowest BCUT2D eigenvalue weighted by molar-refractivity contribution is -0.144. The van der Waals surface area contributed by atoms with Gasteiger partial charge in [0.1, 0.15) is 0 Å². The first-order valence-corrected chi connectivity index (χ1v) is 4.99. The number of aliphatic carboxylic acids is 1. The Labute approximate surface area is 98.1 Å². The zero-order valence-corrected chi connectivity index (χ0v) is 9.30. The fourth-order valence-corrected chi connectivity index (χ4v) is 1.24. The third-order valence-corrected chi connectivity index (χ3v) is 2.09. The molecule has 0 heterocycles. The molecule has 5 nitrogen and oxygen atoms in total. The summed E-state index contributed by atoms with van der Waals surface area (Å²) >= 11 is 0. The molecular formula is C12H12O5. The highest BCUT2D eigenvalue weighted by Gasteiger charge is 2.11. The molecule has 0 saturated carbocycles. The predicted molar refractivity (Wildman–Crippen MR) is 59.2 cm³/mol. The Morgan fingerprint density at radius 3 is 2.41 bits per heavy atom. The summed E-state index contributed by atoms with van der Waals surface area (Å²) in [6.45, 7) is 0.891. The van der Waals surface area contributed by atoms with Crippen LogP contribution in [0.2, 0.25) is 0 Å². The molecule has 1 rings (SSSR count). The van der Waals surface area contributed by atoms with Gasteiger partial charge in [-0.2, -0.15) is 0 Å². The molecule has 17 heavy (non-hydrogen) atoms. The molecule has 0 atom stereocenters. The van der Waals surface area contributed by atoms with Crippen molar-refractivity contribution in [1.29, 1.82) is 0 Å². The van der Waals surface area contributed by atoms with Gasteiger partial charge in [0.25, 0.3) is 0 Å². The van der Waals surface area contributed by atoms with Crippen molar-refractivity contribution in [1.82, 2.24) is 0 Å². The highest BCUT2D eigenvalue weighted by molar-refractivity contribution is 6.00. The van der Waals surface area contributed by atoms with Crippen molar-refractivity contribution in [3.8, 4) is 0 Å². The molecule has 1 aliphatic carbocycles. The summed E-state index contributed by atoms with van der Waals surface area (Å²) in [5.74, 6) is -1.92. The van der Waals surface area contributed by atoms with Crippen molar-refractivity contribution >= 4 is 17.7 Å². The van der Waals surface area contributed by atoms with E-state index in [1.165, 1.54) is 25.2 Å². The van der Waals surface area contributed by atoms with E-state index in [2.05, 4.69) is 4.74 Å². The number of ether oxygens (including phenoxy) is 1. The van der Waals surface area contributed by atoms with Gasteiger partial charge in [0.05, 0.1) is 5.57 Å². The Hall–Kier alpha value is -2.17. The average molecular weight is 236 g/mol. The minimum atomic E-state index is -1.04. The smallest absolute Gasteiger partial charge is 0.335 e. The van der Waals surface area contributed by atoms with E-state index in [-0.39, 0.29) is 18.0 Å². The first kappa shape index (κ1) is 12.9. The van der Waals surface area contributed by atoms with Crippen LogP contribution in [0.3, 0.4) is 0 Å². The number of Topliss-reactive ketones (excluding diaryl/α,β-unsaturated/α-hetero) is 1. The summed E-state index contributed by atoms with van der Waals surface area (Å²) in [6, 6.07) is 0. The largest absolute Gasteiger partial charge is 0.478 e. The van der Waals surface area contributed by atoms with Crippen LogP contribution in [0.25, 0.3) is 0 Å². The summed E-state index contributed by atoms with van der Waals surface area (Å²) in [6.07, 6.45) is 6.23. The van der Waals surface area contributed by atoms with Gasteiger partial charge in [-0.15, -0.1) is 0 Å². The highest BCUT2D eigenvalue weighted by Crippen LogP contribution is 2.11. The monoisotopic (exact) mass is 236 g/mol. The lowest BCUT2D eigenvalue weighted by Gasteiger charge is -2.01. The van der Waals surface area contributed by atoms with Gasteiger partial charge < -0.3 is 9.84 Å². The van der Waals surface area contributed by atoms with E-state index in [9.17, 15) is 14.4 Å². The van der Waals surface area contributed by atoms with Crippen molar-refractivity contribution in [2.75, 3.05) is 6.61 Å². The van der Waals surface area contributed by atoms with Gasteiger partial charge in [0.15, 0.2) is 12.4 Å². The number of rotatable bonds is 4. The second kappa shape index (κ2) is 5.79. The van der Waals surface area contributed by atoms with Crippen molar-refractivity contribution < 1.29 is 24.2 Å². The van der Waals surface area contributed by atoms with E-state index in [0.717, 1.165) is 0 Å². The number of hydrogen-bond acceptors (Lipinski definition) is 4. The zero-order chi connectivity index (χ0) is 12.8. The highest BCUT2D eigenvalue weighted by atomic mass is 16.5. The van der Waals surface area contributed by atoms with Crippen LogP contribution in [0.4, 0.5) is 0 Å². The minimum absolute atomic E-state index is 0.136. The molecule has 0 aliphatic heterocycles. The second-order valence-corrected chi connectivity index (χ2v) is 3.40. The SMILES string of the molecule is CC(=O)OCC(=O)C1=CCC=C(C(=O)O)C=C1. The van der Waals surface area contributed by atoms with Crippen molar-refractivity contribution in [2.24, 2.45) is 0 Å². The van der Waals surface area contributed by atoms with Crippen molar-refractivity contribution in [2.45, 2.75) is 13.3 Å². The molecule has 0 radical (unpaired) electrons.